The van der Waals surface area contributed by atoms with E-state index in [-0.39, 0.29) is 18.4 Å². The lowest BCUT2D eigenvalue weighted by molar-refractivity contribution is 0.0642. The molecule has 0 saturated carbocycles. The number of hydrogen-bond donors (Lipinski definition) is 0. The molecule has 0 bridgehead atoms. The lowest BCUT2D eigenvalue weighted by Crippen LogP contribution is -2.29. The van der Waals surface area contributed by atoms with Gasteiger partial charge in [0.25, 0.3) is 11.8 Å². The number of nitrogens with zero attached hydrogens (tertiary/aromatic N) is 2. The maximum atomic E-state index is 12.2. The molecule has 94 valence electrons. The monoisotopic (exact) mass is 316 g/mol. The van der Waals surface area contributed by atoms with Crippen LogP contribution in [0.15, 0.2) is 47.2 Å². The molecule has 19 heavy (non-hydrogen) atoms. The van der Waals surface area contributed by atoms with Crippen molar-refractivity contribution in [3.63, 3.8) is 0 Å². The number of carbonyl (C=O) groups is 2. The van der Waals surface area contributed by atoms with E-state index >= 15 is 0 Å². The number of halogens is 1. The zero-order valence-corrected chi connectivity index (χ0v) is 11.4. The molecule has 2 heterocycles. The third-order valence-corrected chi connectivity index (χ3v) is 3.48. The molecule has 1 aromatic heterocycles. The molecule has 0 N–H and O–H groups in total. The van der Waals surface area contributed by atoms with Crippen LogP contribution >= 0.6 is 15.9 Å². The van der Waals surface area contributed by atoms with Crippen LogP contribution in [0.5, 0.6) is 0 Å². The molecule has 0 aliphatic carbocycles. The SMILES string of the molecule is O=C1c2ccccc2C(=O)N1Cc1ccc(Br)nc1. The highest BCUT2D eigenvalue weighted by atomic mass is 79.9. The van der Waals surface area contributed by atoms with Gasteiger partial charge in [-0.05, 0) is 39.7 Å². The fourth-order valence-electron chi connectivity index (χ4n) is 2.07. The van der Waals surface area contributed by atoms with E-state index in [1.54, 1.807) is 36.5 Å². The van der Waals surface area contributed by atoms with E-state index in [4.69, 9.17) is 0 Å². The lowest BCUT2D eigenvalue weighted by atomic mass is 10.1. The first-order valence-electron chi connectivity index (χ1n) is 5.72. The summed E-state index contributed by atoms with van der Waals surface area (Å²) in [6.45, 7) is 0.243. The number of rotatable bonds is 2. The Labute approximate surface area is 118 Å². The second kappa shape index (κ2) is 4.59. The van der Waals surface area contributed by atoms with Crippen LogP contribution in [0.1, 0.15) is 26.3 Å². The van der Waals surface area contributed by atoms with Crippen molar-refractivity contribution in [2.45, 2.75) is 6.54 Å². The van der Waals surface area contributed by atoms with Gasteiger partial charge in [-0.2, -0.15) is 0 Å². The molecule has 2 amide bonds. The predicted octanol–water partition coefficient (Wildman–Crippen LogP) is 2.64. The van der Waals surface area contributed by atoms with Gasteiger partial charge in [0, 0.05) is 6.20 Å². The van der Waals surface area contributed by atoms with Gasteiger partial charge < -0.3 is 0 Å². The summed E-state index contributed by atoms with van der Waals surface area (Å²) in [4.78, 5) is 29.6. The summed E-state index contributed by atoms with van der Waals surface area (Å²) in [6.07, 6.45) is 1.65. The number of pyridine rings is 1. The Morgan fingerprint density at radius 3 is 2.16 bits per heavy atom. The Morgan fingerprint density at radius 1 is 1.00 bits per heavy atom. The van der Waals surface area contributed by atoms with E-state index in [2.05, 4.69) is 20.9 Å². The summed E-state index contributed by atoms with van der Waals surface area (Å²) in [5, 5.41) is 0. The minimum Gasteiger partial charge on any atom is -0.270 e. The maximum Gasteiger partial charge on any atom is 0.261 e. The topological polar surface area (TPSA) is 50.3 Å². The van der Waals surface area contributed by atoms with Gasteiger partial charge in [0.1, 0.15) is 4.60 Å². The quantitative estimate of drug-likeness (QED) is 0.632. The van der Waals surface area contributed by atoms with Gasteiger partial charge in [-0.3, -0.25) is 14.5 Å². The molecule has 4 nitrogen and oxygen atoms in total. The number of hydrogen-bond acceptors (Lipinski definition) is 3. The van der Waals surface area contributed by atoms with Crippen molar-refractivity contribution in [2.24, 2.45) is 0 Å². The van der Waals surface area contributed by atoms with Gasteiger partial charge >= 0.3 is 0 Å². The standard InChI is InChI=1S/C14H9BrN2O2/c15-12-6-5-9(7-16-12)8-17-13(18)10-3-1-2-4-11(10)14(17)19/h1-7H,8H2. The second-order valence-corrected chi connectivity index (χ2v) is 5.04. The molecular weight excluding hydrogens is 308 g/mol. The van der Waals surface area contributed by atoms with Gasteiger partial charge in [0.05, 0.1) is 17.7 Å². The first kappa shape index (κ1) is 12.0. The summed E-state index contributed by atoms with van der Waals surface area (Å²) in [5.41, 5.74) is 1.76. The van der Waals surface area contributed by atoms with E-state index in [1.807, 2.05) is 6.07 Å². The molecular formula is C14H9BrN2O2. The molecule has 2 aromatic rings. The second-order valence-electron chi connectivity index (χ2n) is 4.23. The molecule has 0 spiro atoms. The van der Waals surface area contributed by atoms with E-state index in [0.29, 0.717) is 11.1 Å². The van der Waals surface area contributed by atoms with E-state index in [0.717, 1.165) is 10.2 Å². The van der Waals surface area contributed by atoms with Crippen LogP contribution < -0.4 is 0 Å². The van der Waals surface area contributed by atoms with Crippen molar-refractivity contribution in [3.05, 3.63) is 63.9 Å². The molecule has 0 unspecified atom stereocenters. The summed E-state index contributed by atoms with van der Waals surface area (Å²) in [5.74, 6) is -0.493. The zero-order chi connectivity index (χ0) is 13.4. The molecule has 3 rings (SSSR count). The van der Waals surface area contributed by atoms with Crippen molar-refractivity contribution in [3.8, 4) is 0 Å². The minimum atomic E-state index is -0.247. The van der Waals surface area contributed by atoms with Crippen LogP contribution in [0.2, 0.25) is 0 Å². The average Bonchev–Trinajstić information content (AvgIpc) is 2.67. The molecule has 0 fully saturated rings. The van der Waals surface area contributed by atoms with E-state index < -0.39 is 0 Å². The van der Waals surface area contributed by atoms with Crippen LogP contribution in [0.4, 0.5) is 0 Å². The highest BCUT2D eigenvalue weighted by molar-refractivity contribution is 9.10. The first-order chi connectivity index (χ1) is 9.16. The number of carbonyl (C=O) groups excluding carboxylic acids is 2. The van der Waals surface area contributed by atoms with Crippen molar-refractivity contribution in [1.82, 2.24) is 9.88 Å². The number of fused-ring (bicyclic) bond motifs is 1. The maximum absolute atomic E-state index is 12.2. The van der Waals surface area contributed by atoms with Gasteiger partial charge in [-0.1, -0.05) is 18.2 Å². The predicted molar refractivity (Wildman–Crippen MR) is 72.6 cm³/mol. The number of aromatic nitrogens is 1. The van der Waals surface area contributed by atoms with Crippen molar-refractivity contribution >= 4 is 27.7 Å². The third kappa shape index (κ3) is 2.06. The van der Waals surface area contributed by atoms with Crippen molar-refractivity contribution in [1.29, 1.82) is 0 Å². The normalized spacial score (nSPS) is 13.8. The largest absolute Gasteiger partial charge is 0.270 e. The van der Waals surface area contributed by atoms with Crippen LogP contribution in [-0.4, -0.2) is 21.7 Å². The molecule has 1 aliphatic heterocycles. The van der Waals surface area contributed by atoms with Crippen molar-refractivity contribution < 1.29 is 9.59 Å². The van der Waals surface area contributed by atoms with Crippen LogP contribution in [0.3, 0.4) is 0 Å². The fourth-order valence-corrected chi connectivity index (χ4v) is 2.30. The van der Waals surface area contributed by atoms with E-state index in [9.17, 15) is 9.59 Å². The van der Waals surface area contributed by atoms with Crippen LogP contribution in [0.25, 0.3) is 0 Å². The van der Waals surface area contributed by atoms with Crippen LogP contribution in [0, 0.1) is 0 Å². The Hall–Kier alpha value is -2.01. The number of benzene rings is 1. The molecule has 1 aliphatic rings. The van der Waals surface area contributed by atoms with Gasteiger partial charge in [0.15, 0.2) is 0 Å². The Kier molecular flexibility index (Phi) is 2.91. The zero-order valence-electron chi connectivity index (χ0n) is 9.84. The highest BCUT2D eigenvalue weighted by Crippen LogP contribution is 2.24. The third-order valence-electron chi connectivity index (χ3n) is 3.01. The smallest absolute Gasteiger partial charge is 0.261 e. The first-order valence-corrected chi connectivity index (χ1v) is 6.52. The fraction of sp³-hybridized carbons (Fsp3) is 0.0714. The number of amides is 2. The molecule has 0 saturated heterocycles. The lowest BCUT2D eigenvalue weighted by Gasteiger charge is -2.13. The summed E-state index contributed by atoms with van der Waals surface area (Å²) < 4.78 is 0.721. The number of imide groups is 1. The molecule has 5 heteroatoms. The minimum absolute atomic E-state index is 0.243. The summed E-state index contributed by atoms with van der Waals surface area (Å²) in [6, 6.07) is 10.5. The Balaban J connectivity index is 1.90. The highest BCUT2D eigenvalue weighted by Gasteiger charge is 2.34. The summed E-state index contributed by atoms with van der Waals surface area (Å²) in [7, 11) is 0. The van der Waals surface area contributed by atoms with Gasteiger partial charge in [-0.25, -0.2) is 4.98 Å². The van der Waals surface area contributed by atoms with E-state index in [1.165, 1.54) is 4.90 Å². The molecule has 1 aromatic carbocycles. The summed E-state index contributed by atoms with van der Waals surface area (Å²) >= 11 is 3.25. The van der Waals surface area contributed by atoms with Gasteiger partial charge in [0.2, 0.25) is 0 Å². The molecule has 0 radical (unpaired) electrons. The van der Waals surface area contributed by atoms with Gasteiger partial charge in [-0.15, -0.1) is 0 Å². The van der Waals surface area contributed by atoms with Crippen LogP contribution in [-0.2, 0) is 6.54 Å². The molecule has 0 atom stereocenters. The van der Waals surface area contributed by atoms with Crippen molar-refractivity contribution in [2.75, 3.05) is 0 Å². The average molecular weight is 317 g/mol. The Morgan fingerprint density at radius 2 is 1.63 bits per heavy atom. The Bertz CT molecular complexity index is 632.